The zero-order valence-electron chi connectivity index (χ0n) is 4.13. The van der Waals surface area contributed by atoms with Crippen molar-refractivity contribution in [2.45, 2.75) is 12.5 Å². The summed E-state index contributed by atoms with van der Waals surface area (Å²) < 4.78 is 4.97. The molecule has 1 heterocycles. The first-order valence-electron chi connectivity index (χ1n) is 2.41. The van der Waals surface area contributed by atoms with Gasteiger partial charge in [0.15, 0.2) is 0 Å². The average molecular weight is 98.1 g/mol. The topological polar surface area (TPSA) is 13.6 Å². The third kappa shape index (κ3) is 0.908. The Morgan fingerprint density at radius 1 is 1.71 bits per heavy atom. The largest absolute Gasteiger partial charge is 0.373 e. The molecule has 1 aliphatic rings. The van der Waals surface area contributed by atoms with Crippen molar-refractivity contribution in [2.75, 3.05) is 13.2 Å². The molecule has 1 saturated heterocycles. The van der Waals surface area contributed by atoms with E-state index < -0.39 is 0 Å². The van der Waals surface area contributed by atoms with E-state index in [1.165, 1.54) is 0 Å². The number of hydrogen-bond donors (Lipinski definition) is 0. The van der Waals surface area contributed by atoms with Gasteiger partial charge in [0, 0.05) is 0 Å². The summed E-state index contributed by atoms with van der Waals surface area (Å²) in [6.45, 7) is 6.52. The van der Waals surface area contributed by atoms with Gasteiger partial charge in [-0.25, -0.2) is 0 Å². The van der Waals surface area contributed by atoms with Gasteiger partial charge >= 0.3 is 0 Å². The highest BCUT2D eigenvalue weighted by Crippen LogP contribution is 2.06. The molecular formula is C5H8NO+. The molecule has 0 aromatic rings. The lowest BCUT2D eigenvalue weighted by atomic mass is 10.3. The molecule has 0 saturated carbocycles. The van der Waals surface area contributed by atoms with Gasteiger partial charge < -0.3 is 4.74 Å². The standard InChI is InChI=1S/C5H8NO/c1-6-5-2-3-7-4-5/h1,5H,2-4H2/q+1. The second kappa shape index (κ2) is 1.94. The minimum atomic E-state index is 0.278. The van der Waals surface area contributed by atoms with E-state index in [0.717, 1.165) is 19.6 Å². The number of ether oxygens (including phenoxy) is 1. The first-order chi connectivity index (χ1) is 3.43. The monoisotopic (exact) mass is 98.1 g/mol. The van der Waals surface area contributed by atoms with Gasteiger partial charge in [0.2, 0.25) is 0 Å². The van der Waals surface area contributed by atoms with Crippen molar-refractivity contribution in [3.63, 3.8) is 0 Å². The van der Waals surface area contributed by atoms with Crippen LogP contribution in [0.15, 0.2) is 0 Å². The first kappa shape index (κ1) is 4.61. The van der Waals surface area contributed by atoms with Crippen LogP contribution in [-0.2, 0) is 4.74 Å². The predicted molar refractivity (Wildman–Crippen MR) is 27.5 cm³/mol. The lowest BCUT2D eigenvalue weighted by Crippen LogP contribution is -1.97. The van der Waals surface area contributed by atoms with Crippen molar-refractivity contribution in [3.05, 3.63) is 4.85 Å². The van der Waals surface area contributed by atoms with Crippen molar-refractivity contribution >= 4 is 0 Å². The molecule has 1 fully saturated rings. The second-order valence-electron chi connectivity index (χ2n) is 1.67. The van der Waals surface area contributed by atoms with E-state index in [1.54, 1.807) is 0 Å². The van der Waals surface area contributed by atoms with Gasteiger partial charge in [0.05, 0.1) is 13.0 Å². The molecule has 2 heteroatoms. The van der Waals surface area contributed by atoms with E-state index in [1.807, 2.05) is 0 Å². The number of hydrogen-bond acceptors (Lipinski definition) is 1. The SMILES string of the molecule is C#[N+]C1CCOC1. The maximum absolute atomic E-state index is 4.98. The number of rotatable bonds is 0. The van der Waals surface area contributed by atoms with Gasteiger partial charge in [-0.1, -0.05) is 4.85 Å². The van der Waals surface area contributed by atoms with Gasteiger partial charge in [-0.15, -0.1) is 0 Å². The Kier molecular flexibility index (Phi) is 1.28. The Morgan fingerprint density at radius 2 is 2.57 bits per heavy atom. The Morgan fingerprint density at radius 3 is 2.86 bits per heavy atom. The number of nitrogens with zero attached hydrogens (tertiary/aromatic N) is 1. The molecule has 0 radical (unpaired) electrons. The van der Waals surface area contributed by atoms with E-state index in [9.17, 15) is 0 Å². The first-order valence-corrected chi connectivity index (χ1v) is 2.41. The molecule has 0 aromatic heterocycles. The van der Waals surface area contributed by atoms with Gasteiger partial charge in [-0.3, -0.25) is 0 Å². The summed E-state index contributed by atoms with van der Waals surface area (Å²) in [7, 11) is 0. The van der Waals surface area contributed by atoms with Gasteiger partial charge in [0.1, 0.15) is 6.61 Å². The summed E-state index contributed by atoms with van der Waals surface area (Å²) in [6, 6.07) is 0.278. The summed E-state index contributed by atoms with van der Waals surface area (Å²) >= 11 is 0. The van der Waals surface area contributed by atoms with Crippen LogP contribution in [0.25, 0.3) is 4.85 Å². The molecule has 0 spiro atoms. The van der Waals surface area contributed by atoms with Crippen LogP contribution in [0.5, 0.6) is 0 Å². The van der Waals surface area contributed by atoms with Gasteiger partial charge in [-0.05, 0) is 0 Å². The lowest BCUT2D eigenvalue weighted by Gasteiger charge is -1.77. The van der Waals surface area contributed by atoms with Crippen LogP contribution < -0.4 is 0 Å². The molecule has 0 amide bonds. The van der Waals surface area contributed by atoms with Crippen LogP contribution >= 0.6 is 0 Å². The maximum atomic E-state index is 4.98. The molecule has 1 unspecified atom stereocenters. The van der Waals surface area contributed by atoms with E-state index in [4.69, 9.17) is 11.3 Å². The van der Waals surface area contributed by atoms with Crippen LogP contribution in [0.4, 0.5) is 0 Å². The van der Waals surface area contributed by atoms with Gasteiger partial charge in [0.25, 0.3) is 12.6 Å². The van der Waals surface area contributed by atoms with Crippen molar-refractivity contribution in [2.24, 2.45) is 0 Å². The van der Waals surface area contributed by atoms with E-state index >= 15 is 0 Å². The molecule has 1 atom stereocenters. The fraction of sp³-hybridized carbons (Fsp3) is 0.800. The van der Waals surface area contributed by atoms with Crippen LogP contribution in [-0.4, -0.2) is 19.3 Å². The predicted octanol–water partition coefficient (Wildman–Crippen LogP) is 0.738. The smallest absolute Gasteiger partial charge is 0.297 e. The third-order valence-corrected chi connectivity index (χ3v) is 1.12. The summed E-state index contributed by atoms with van der Waals surface area (Å²) in [4.78, 5) is 3.56. The molecular weight excluding hydrogens is 90.1 g/mol. The highest BCUT2D eigenvalue weighted by molar-refractivity contribution is 4.84. The van der Waals surface area contributed by atoms with Crippen LogP contribution in [0, 0.1) is 6.57 Å². The van der Waals surface area contributed by atoms with E-state index in [2.05, 4.69) is 4.85 Å². The highest BCUT2D eigenvalue weighted by atomic mass is 16.5. The Hall–Kier alpha value is -0.550. The van der Waals surface area contributed by atoms with Crippen molar-refractivity contribution in [1.29, 1.82) is 0 Å². The molecule has 2 nitrogen and oxygen atoms in total. The third-order valence-electron chi connectivity index (χ3n) is 1.12. The molecule has 0 bridgehead atoms. The Labute approximate surface area is 42.9 Å². The van der Waals surface area contributed by atoms with Crippen LogP contribution in [0.2, 0.25) is 0 Å². The quantitative estimate of drug-likeness (QED) is 0.435. The summed E-state index contributed by atoms with van der Waals surface area (Å²) in [5, 5.41) is 0. The molecule has 0 aliphatic carbocycles. The lowest BCUT2D eigenvalue weighted by molar-refractivity contribution is 0.197. The minimum Gasteiger partial charge on any atom is -0.373 e. The highest BCUT2D eigenvalue weighted by Gasteiger charge is 2.21. The van der Waals surface area contributed by atoms with Crippen LogP contribution in [0.1, 0.15) is 6.42 Å². The minimum absolute atomic E-state index is 0.278. The van der Waals surface area contributed by atoms with Crippen molar-refractivity contribution in [1.82, 2.24) is 0 Å². The normalized spacial score (nSPS) is 29.9. The summed E-state index contributed by atoms with van der Waals surface area (Å²) in [5.74, 6) is 0. The Balaban J connectivity index is 2.31. The average Bonchev–Trinajstić information content (AvgIpc) is 2.14. The zero-order valence-corrected chi connectivity index (χ0v) is 4.13. The molecule has 1 rings (SSSR count). The van der Waals surface area contributed by atoms with Gasteiger partial charge in [-0.2, -0.15) is 0 Å². The fourth-order valence-electron chi connectivity index (χ4n) is 0.640. The fourth-order valence-corrected chi connectivity index (χ4v) is 0.640. The molecule has 38 valence electrons. The van der Waals surface area contributed by atoms with Crippen molar-refractivity contribution < 1.29 is 4.74 Å². The Bertz CT molecular complexity index is 88.7. The van der Waals surface area contributed by atoms with Crippen molar-refractivity contribution in [3.8, 4) is 6.57 Å². The zero-order chi connectivity index (χ0) is 5.11. The van der Waals surface area contributed by atoms with Crippen LogP contribution in [0.3, 0.4) is 0 Å². The molecule has 0 N–H and O–H groups in total. The molecule has 0 aromatic carbocycles. The van der Waals surface area contributed by atoms with E-state index in [0.29, 0.717) is 0 Å². The van der Waals surface area contributed by atoms with E-state index in [-0.39, 0.29) is 6.04 Å². The second-order valence-corrected chi connectivity index (χ2v) is 1.67. The summed E-state index contributed by atoms with van der Waals surface area (Å²) in [5.41, 5.74) is 0. The molecule has 7 heavy (non-hydrogen) atoms. The summed E-state index contributed by atoms with van der Waals surface area (Å²) in [6.07, 6.45) is 0.997. The maximum Gasteiger partial charge on any atom is 0.297 e. The molecule has 1 aliphatic heterocycles.